The molecule has 0 heterocycles. The van der Waals surface area contributed by atoms with Crippen LogP contribution < -0.4 is 5.32 Å². The van der Waals surface area contributed by atoms with Crippen molar-refractivity contribution in [1.29, 1.82) is 0 Å². The minimum atomic E-state index is -2.68. The second-order valence-corrected chi connectivity index (χ2v) is 9.32. The van der Waals surface area contributed by atoms with Crippen LogP contribution in [0.15, 0.2) is 11.8 Å². The Hall–Kier alpha value is -0.530. The monoisotopic (exact) mass is 359 g/mol. The summed E-state index contributed by atoms with van der Waals surface area (Å²) in [5.41, 5.74) is 1.16. The molecule has 0 radical (unpaired) electrons. The normalized spacial score (nSPS) is 20.2. The molecule has 0 bridgehead atoms. The van der Waals surface area contributed by atoms with Crippen molar-refractivity contribution in [3.63, 3.8) is 0 Å². The molecule has 0 spiro atoms. The van der Waals surface area contributed by atoms with E-state index >= 15 is 0 Å². The van der Waals surface area contributed by atoms with Gasteiger partial charge in [-0.3, -0.25) is 0 Å². The fraction of sp³-hybridized carbons (Fsp3) is 0.727. The van der Waals surface area contributed by atoms with Gasteiger partial charge in [-0.1, -0.05) is 0 Å². The number of amides is 1. The molecule has 1 aliphatic carbocycles. The number of halogens is 2. The quantitative estimate of drug-likeness (QED) is 0.477. The maximum absolute atomic E-state index is 13.3. The Morgan fingerprint density at radius 3 is 2.65 bits per heavy atom. The van der Waals surface area contributed by atoms with Gasteiger partial charge in [-0.25, -0.2) is 0 Å². The number of nitrogens with one attached hydrogen (secondary N) is 1. The summed E-state index contributed by atoms with van der Waals surface area (Å²) in [5.74, 6) is 0. The molecule has 1 N–H and O–H groups in total. The third-order valence-corrected chi connectivity index (χ3v) is 6.39. The van der Waals surface area contributed by atoms with Crippen molar-refractivity contribution in [2.24, 2.45) is 0 Å². The van der Waals surface area contributed by atoms with E-state index in [1.54, 1.807) is 27.2 Å². The number of alkyl carbamates (subject to hydrolysis) is 1. The van der Waals surface area contributed by atoms with Gasteiger partial charge in [-0.2, -0.15) is 0 Å². The molecule has 0 unspecified atom stereocenters. The van der Waals surface area contributed by atoms with Gasteiger partial charge < -0.3 is 0 Å². The Labute approximate surface area is 109 Å². The second-order valence-electron chi connectivity index (χ2n) is 4.42. The molecule has 0 aromatic carbocycles. The predicted octanol–water partition coefficient (Wildman–Crippen LogP) is 3.16. The molecule has 1 aliphatic rings. The van der Waals surface area contributed by atoms with Crippen molar-refractivity contribution in [1.82, 2.24) is 5.32 Å². The molecule has 17 heavy (non-hydrogen) atoms. The van der Waals surface area contributed by atoms with Gasteiger partial charge in [-0.05, 0) is 0 Å². The second kappa shape index (κ2) is 5.88. The first kappa shape index (κ1) is 14.5. The molecule has 1 amide bonds. The fourth-order valence-corrected chi connectivity index (χ4v) is 1.91. The van der Waals surface area contributed by atoms with E-state index in [-0.39, 0.29) is 6.04 Å². The van der Waals surface area contributed by atoms with Crippen LogP contribution in [0.3, 0.4) is 0 Å². The van der Waals surface area contributed by atoms with E-state index in [9.17, 15) is 7.65 Å². The van der Waals surface area contributed by atoms with Crippen LogP contribution in [0, 0.1) is 0 Å². The third kappa shape index (κ3) is 4.33. The topological polar surface area (TPSA) is 47.6 Å². The summed E-state index contributed by atoms with van der Waals surface area (Å²) in [5, 5.41) is 2.72. The first-order valence-electron chi connectivity index (χ1n) is 5.32. The van der Waals surface area contributed by atoms with Gasteiger partial charge in [0.2, 0.25) is 0 Å². The zero-order valence-electron chi connectivity index (χ0n) is 10.5. The number of alkyl halides is 2. The van der Waals surface area contributed by atoms with E-state index in [1.165, 1.54) is 4.93 Å². The van der Waals surface area contributed by atoms with Gasteiger partial charge in [0, 0.05) is 0 Å². The summed E-state index contributed by atoms with van der Waals surface area (Å²) in [6, 6.07) is 0.0819. The standard InChI is InChI=1S/C11H19FINO3/c1-11(2,13(3)12)17-10(15)14-9-5-8(6-9)7-16-4/h7,9H,5-6H2,1-4H3,(H,14,15). The zero-order valence-corrected chi connectivity index (χ0v) is 12.7. The number of ether oxygens (including phenoxy) is 2. The molecule has 0 atom stereocenters. The summed E-state index contributed by atoms with van der Waals surface area (Å²) in [6.07, 6.45) is 2.70. The summed E-state index contributed by atoms with van der Waals surface area (Å²) in [7, 11) is 1.60. The van der Waals surface area contributed by atoms with Gasteiger partial charge in [0.1, 0.15) is 0 Å². The first-order chi connectivity index (χ1) is 7.85. The zero-order chi connectivity index (χ0) is 13.1. The summed E-state index contributed by atoms with van der Waals surface area (Å²) < 4.78 is 22.3. The van der Waals surface area contributed by atoms with E-state index in [1.807, 2.05) is 0 Å². The number of rotatable bonds is 4. The van der Waals surface area contributed by atoms with E-state index in [0.29, 0.717) is 0 Å². The molecule has 0 aromatic heterocycles. The van der Waals surface area contributed by atoms with Crippen LogP contribution in [-0.4, -0.2) is 27.8 Å². The van der Waals surface area contributed by atoms with Crippen LogP contribution in [0.1, 0.15) is 26.7 Å². The predicted molar refractivity (Wildman–Crippen MR) is 72.9 cm³/mol. The molecular formula is C11H19FINO3. The Morgan fingerprint density at radius 2 is 2.18 bits per heavy atom. The molecule has 0 aromatic rings. The summed E-state index contributed by atoms with van der Waals surface area (Å²) in [6.45, 7) is 3.24. The van der Waals surface area contributed by atoms with Gasteiger partial charge in [0.25, 0.3) is 0 Å². The molecule has 1 saturated carbocycles. The SMILES string of the molecule is COC=C1CC(NC(=O)OC(C)(C)I(C)F)C1. The Morgan fingerprint density at radius 1 is 1.59 bits per heavy atom. The molecule has 0 saturated heterocycles. The van der Waals surface area contributed by atoms with Crippen LogP contribution in [0.2, 0.25) is 0 Å². The van der Waals surface area contributed by atoms with Crippen molar-refractivity contribution in [2.75, 3.05) is 12.0 Å². The number of hydrogen-bond donors (Lipinski definition) is 1. The van der Waals surface area contributed by atoms with Crippen LogP contribution in [0.5, 0.6) is 0 Å². The Bertz CT molecular complexity index is 310. The van der Waals surface area contributed by atoms with E-state index in [0.717, 1.165) is 18.4 Å². The Kier molecular flexibility index (Phi) is 5.03. The van der Waals surface area contributed by atoms with Crippen LogP contribution in [0.4, 0.5) is 7.65 Å². The van der Waals surface area contributed by atoms with Crippen molar-refractivity contribution >= 4 is 26.5 Å². The third-order valence-electron chi connectivity index (χ3n) is 2.59. The van der Waals surface area contributed by atoms with E-state index < -0.39 is 30.1 Å². The molecular weight excluding hydrogens is 340 g/mol. The summed E-state index contributed by atoms with van der Waals surface area (Å²) in [4.78, 5) is 13.0. The van der Waals surface area contributed by atoms with Gasteiger partial charge >= 0.3 is 109 Å². The summed E-state index contributed by atoms with van der Waals surface area (Å²) >= 11 is -2.68. The van der Waals surface area contributed by atoms with Crippen molar-refractivity contribution < 1.29 is 17.1 Å². The average Bonchev–Trinajstić information content (AvgIpc) is 2.13. The van der Waals surface area contributed by atoms with Crippen LogP contribution in [-0.2, 0) is 9.47 Å². The molecule has 6 heteroatoms. The number of carbonyl (C=O) groups is 1. The molecule has 4 nitrogen and oxygen atoms in total. The average molecular weight is 359 g/mol. The minimum absolute atomic E-state index is 0.0819. The van der Waals surface area contributed by atoms with Crippen LogP contribution >= 0.6 is 20.4 Å². The number of carbonyl (C=O) groups excluding carboxylic acids is 1. The van der Waals surface area contributed by atoms with Crippen LogP contribution in [0.25, 0.3) is 0 Å². The molecule has 1 fully saturated rings. The van der Waals surface area contributed by atoms with Crippen molar-refractivity contribution in [3.8, 4) is 0 Å². The van der Waals surface area contributed by atoms with Gasteiger partial charge in [0.15, 0.2) is 0 Å². The number of hydrogen-bond acceptors (Lipinski definition) is 3. The van der Waals surface area contributed by atoms with Crippen molar-refractivity contribution in [3.05, 3.63) is 11.8 Å². The van der Waals surface area contributed by atoms with E-state index in [2.05, 4.69) is 5.32 Å². The van der Waals surface area contributed by atoms with Gasteiger partial charge in [0.05, 0.1) is 0 Å². The van der Waals surface area contributed by atoms with E-state index in [4.69, 9.17) is 9.47 Å². The fourth-order valence-electron chi connectivity index (χ4n) is 1.41. The first-order valence-corrected chi connectivity index (χ1v) is 9.37. The number of methoxy groups -OCH3 is 1. The van der Waals surface area contributed by atoms with Crippen molar-refractivity contribution in [2.45, 2.75) is 36.3 Å². The molecule has 100 valence electrons. The molecule has 1 rings (SSSR count). The molecule has 0 aliphatic heterocycles. The van der Waals surface area contributed by atoms with Gasteiger partial charge in [-0.15, -0.1) is 0 Å². The Balaban J connectivity index is 2.30. The maximum atomic E-state index is 13.3.